The van der Waals surface area contributed by atoms with Gasteiger partial charge in [-0.1, -0.05) is 42.5 Å². The summed E-state index contributed by atoms with van der Waals surface area (Å²) in [5.41, 5.74) is 3.45. The molecule has 0 saturated carbocycles. The number of halogens is 1. The second kappa shape index (κ2) is 15.1. The summed E-state index contributed by atoms with van der Waals surface area (Å²) in [6, 6.07) is 20.8. The van der Waals surface area contributed by atoms with Gasteiger partial charge in [-0.05, 0) is 77.7 Å². The minimum absolute atomic E-state index is 0.0830. The van der Waals surface area contributed by atoms with Crippen molar-refractivity contribution in [2.45, 2.75) is 36.9 Å². The molecule has 2 atom stereocenters. The molecule has 1 unspecified atom stereocenters. The zero-order valence-corrected chi connectivity index (χ0v) is 32.8. The van der Waals surface area contributed by atoms with Crippen LogP contribution in [0.25, 0.3) is 4.96 Å². The highest BCUT2D eigenvalue weighted by atomic mass is 127. The van der Waals surface area contributed by atoms with E-state index in [0.29, 0.717) is 62.8 Å². The summed E-state index contributed by atoms with van der Waals surface area (Å²) in [5.74, 6) is 0.218. The quantitative estimate of drug-likeness (QED) is 0.0864. The number of fused-ring (bicyclic) bond motifs is 2. The lowest BCUT2D eigenvalue weighted by Gasteiger charge is -2.39. The van der Waals surface area contributed by atoms with Crippen LogP contribution < -0.4 is 19.1 Å². The van der Waals surface area contributed by atoms with Gasteiger partial charge in [0.1, 0.15) is 3.70 Å². The third-order valence-electron chi connectivity index (χ3n) is 9.89. The SMILES string of the molecule is COc1ccc(C(CCCNS(=O)(=O)c2c(I)nc3sccn23)N2C(=O)c3cccc(N4CCN([C@H](C)c5ccccc5)CC4)c3C2=O)cc1OC. The number of nitrogens with zero attached hydrogens (tertiary/aromatic N) is 5. The van der Waals surface area contributed by atoms with Crippen molar-refractivity contribution >= 4 is 66.4 Å². The Labute approximate surface area is 320 Å². The first kappa shape index (κ1) is 36.3. The number of hydrogen-bond acceptors (Lipinski definition) is 10. The van der Waals surface area contributed by atoms with E-state index in [1.807, 2.05) is 46.9 Å². The first-order valence-corrected chi connectivity index (χ1v) is 20.4. The second-order valence-electron chi connectivity index (χ2n) is 12.7. The van der Waals surface area contributed by atoms with Crippen molar-refractivity contribution in [2.24, 2.45) is 0 Å². The van der Waals surface area contributed by atoms with Gasteiger partial charge in [0.25, 0.3) is 21.8 Å². The molecule has 15 heteroatoms. The number of ether oxygens (including phenoxy) is 2. The van der Waals surface area contributed by atoms with Gasteiger partial charge in [-0.25, -0.2) is 18.1 Å². The topological polar surface area (TPSA) is 126 Å². The predicted octanol–water partition coefficient (Wildman–Crippen LogP) is 6.00. The monoisotopic (exact) mass is 854 g/mol. The number of amides is 2. The van der Waals surface area contributed by atoms with Gasteiger partial charge in [-0.2, -0.15) is 0 Å². The number of thiazole rings is 1. The number of carbonyl (C=O) groups is 2. The van der Waals surface area contributed by atoms with E-state index < -0.39 is 16.1 Å². The van der Waals surface area contributed by atoms with Crippen molar-refractivity contribution in [1.82, 2.24) is 23.9 Å². The van der Waals surface area contributed by atoms with E-state index in [2.05, 4.69) is 50.7 Å². The molecule has 1 fully saturated rings. The van der Waals surface area contributed by atoms with E-state index in [1.165, 1.54) is 28.9 Å². The van der Waals surface area contributed by atoms with Gasteiger partial charge in [0.15, 0.2) is 21.5 Å². The highest BCUT2D eigenvalue weighted by Gasteiger charge is 2.43. The molecule has 4 heterocycles. The van der Waals surface area contributed by atoms with Crippen molar-refractivity contribution in [3.8, 4) is 11.5 Å². The maximum Gasteiger partial charge on any atom is 0.264 e. The van der Waals surface area contributed by atoms with Crippen LogP contribution in [0.15, 0.2) is 83.3 Å². The molecule has 0 radical (unpaired) electrons. The summed E-state index contributed by atoms with van der Waals surface area (Å²) in [7, 11) is -0.825. The minimum atomic E-state index is -3.90. The van der Waals surface area contributed by atoms with Gasteiger partial charge in [0, 0.05) is 50.3 Å². The average molecular weight is 855 g/mol. The Morgan fingerprint density at radius 2 is 1.67 bits per heavy atom. The molecule has 2 aliphatic heterocycles. The van der Waals surface area contributed by atoms with Gasteiger partial charge < -0.3 is 14.4 Å². The van der Waals surface area contributed by atoms with Gasteiger partial charge >= 0.3 is 0 Å². The fourth-order valence-corrected chi connectivity index (χ4v) is 10.7. The molecule has 7 rings (SSSR count). The Morgan fingerprint density at radius 3 is 2.40 bits per heavy atom. The van der Waals surface area contributed by atoms with Crippen LogP contribution in [0.2, 0.25) is 0 Å². The molecule has 52 heavy (non-hydrogen) atoms. The lowest BCUT2D eigenvalue weighted by Crippen LogP contribution is -2.47. The van der Waals surface area contributed by atoms with E-state index in [4.69, 9.17) is 9.47 Å². The Kier molecular flexibility index (Phi) is 10.6. The molecule has 2 aliphatic rings. The van der Waals surface area contributed by atoms with Gasteiger partial charge in [0.2, 0.25) is 0 Å². The Balaban J connectivity index is 1.12. The molecular weight excluding hydrogens is 815 g/mol. The number of methoxy groups -OCH3 is 2. The van der Waals surface area contributed by atoms with Gasteiger partial charge in [0.05, 0.1) is 37.1 Å². The maximum absolute atomic E-state index is 14.5. The summed E-state index contributed by atoms with van der Waals surface area (Å²) in [6.45, 7) is 5.34. The third-order valence-corrected chi connectivity index (χ3v) is 13.3. The number of benzene rings is 3. The number of anilines is 1. The Hall–Kier alpha value is -4.03. The van der Waals surface area contributed by atoms with Crippen molar-refractivity contribution in [2.75, 3.05) is 51.8 Å². The van der Waals surface area contributed by atoms with E-state index >= 15 is 0 Å². The fraction of sp³-hybridized carbons (Fsp3) is 0.324. The molecule has 3 aromatic carbocycles. The van der Waals surface area contributed by atoms with Crippen molar-refractivity contribution < 1.29 is 27.5 Å². The van der Waals surface area contributed by atoms with Crippen molar-refractivity contribution in [1.29, 1.82) is 0 Å². The van der Waals surface area contributed by atoms with E-state index in [0.717, 1.165) is 18.8 Å². The maximum atomic E-state index is 14.5. The molecule has 272 valence electrons. The summed E-state index contributed by atoms with van der Waals surface area (Å²) < 4.78 is 42.5. The average Bonchev–Trinajstić information content (AvgIpc) is 3.82. The van der Waals surface area contributed by atoms with E-state index in [-0.39, 0.29) is 29.4 Å². The number of imidazole rings is 1. The molecule has 0 bridgehead atoms. The normalized spacial score (nSPS) is 16.4. The summed E-state index contributed by atoms with van der Waals surface area (Å²) in [4.78, 5) is 39.6. The number of imide groups is 1. The zero-order valence-electron chi connectivity index (χ0n) is 29.0. The van der Waals surface area contributed by atoms with Crippen LogP contribution in [0, 0.1) is 3.70 Å². The van der Waals surface area contributed by atoms with E-state index in [1.54, 1.807) is 41.3 Å². The lowest BCUT2D eigenvalue weighted by atomic mass is 9.99. The number of piperazine rings is 1. The molecule has 12 nitrogen and oxygen atoms in total. The largest absolute Gasteiger partial charge is 0.493 e. The molecule has 0 spiro atoms. The fourth-order valence-electron chi connectivity index (χ4n) is 7.18. The number of nitrogens with one attached hydrogen (secondary N) is 1. The smallest absolute Gasteiger partial charge is 0.264 e. The number of aromatic nitrogens is 2. The van der Waals surface area contributed by atoms with Gasteiger partial charge in [-0.3, -0.25) is 23.8 Å². The molecule has 0 aliphatic carbocycles. The summed E-state index contributed by atoms with van der Waals surface area (Å²) in [6.07, 6.45) is 2.31. The van der Waals surface area contributed by atoms with Crippen LogP contribution in [-0.4, -0.2) is 86.4 Å². The van der Waals surface area contributed by atoms with E-state index in [9.17, 15) is 18.0 Å². The first-order chi connectivity index (χ1) is 25.1. The Morgan fingerprint density at radius 1 is 0.923 bits per heavy atom. The molecule has 1 N–H and O–H groups in total. The van der Waals surface area contributed by atoms with Crippen LogP contribution >= 0.6 is 33.9 Å². The van der Waals surface area contributed by atoms with Crippen LogP contribution in [0.4, 0.5) is 5.69 Å². The van der Waals surface area contributed by atoms with Crippen LogP contribution in [-0.2, 0) is 10.0 Å². The van der Waals surface area contributed by atoms with Crippen LogP contribution in [0.3, 0.4) is 0 Å². The third kappa shape index (κ3) is 6.79. The van der Waals surface area contributed by atoms with Crippen molar-refractivity contribution in [3.05, 3.63) is 104 Å². The number of rotatable bonds is 13. The molecule has 2 amide bonds. The first-order valence-electron chi connectivity index (χ1n) is 17.0. The Bertz CT molecular complexity index is 2220. The van der Waals surface area contributed by atoms with Crippen LogP contribution in [0.5, 0.6) is 11.5 Å². The number of hydrogen-bond donors (Lipinski definition) is 1. The summed E-state index contributed by atoms with van der Waals surface area (Å²) in [5, 5.41) is 1.87. The standard InChI is InChI=1S/C37H39IN6O6S2/c1-24(25-9-5-4-6-10-25)41-17-19-42(20-18-41)29-12-7-11-27-32(29)35(46)44(34(27)45)28(26-14-15-30(49-2)31(23-26)50-3)13-8-16-39-52(47,48)36-33(38)40-37-43(36)21-22-51-37/h4-7,9-12,14-15,21-24,28,39H,8,13,16-20H2,1-3H3/t24-,28?/m1/s1. The van der Waals surface area contributed by atoms with Gasteiger partial charge in [-0.15, -0.1) is 11.3 Å². The highest BCUT2D eigenvalue weighted by molar-refractivity contribution is 14.1. The highest BCUT2D eigenvalue weighted by Crippen LogP contribution is 2.41. The van der Waals surface area contributed by atoms with Crippen molar-refractivity contribution in [3.63, 3.8) is 0 Å². The summed E-state index contributed by atoms with van der Waals surface area (Å²) >= 11 is 3.28. The van der Waals surface area contributed by atoms with Crippen LogP contribution in [0.1, 0.15) is 63.7 Å². The lowest BCUT2D eigenvalue weighted by molar-refractivity contribution is 0.0572. The number of sulfonamides is 1. The molecule has 2 aromatic heterocycles. The second-order valence-corrected chi connectivity index (χ2v) is 16.3. The number of carbonyl (C=O) groups excluding carboxylic acids is 2. The minimum Gasteiger partial charge on any atom is -0.493 e. The zero-order chi connectivity index (χ0) is 36.6. The molecular formula is C37H39IN6O6S2. The molecule has 1 saturated heterocycles. The molecule has 5 aromatic rings. The predicted molar refractivity (Wildman–Crippen MR) is 208 cm³/mol.